The van der Waals surface area contributed by atoms with E-state index in [1.54, 1.807) is 12.1 Å². The van der Waals surface area contributed by atoms with Gasteiger partial charge >= 0.3 is 0 Å². The van der Waals surface area contributed by atoms with Crippen molar-refractivity contribution in [1.29, 1.82) is 0 Å². The van der Waals surface area contributed by atoms with E-state index in [1.165, 1.54) is 4.31 Å². The maximum Gasteiger partial charge on any atom is 0.246 e. The van der Waals surface area contributed by atoms with E-state index in [0.717, 1.165) is 12.8 Å². The van der Waals surface area contributed by atoms with Gasteiger partial charge in [0.25, 0.3) is 0 Å². The Morgan fingerprint density at radius 3 is 2.30 bits per heavy atom. The van der Waals surface area contributed by atoms with E-state index in [2.05, 4.69) is 22.9 Å². The molecule has 0 aromatic heterocycles. The second-order valence-corrected chi connectivity index (χ2v) is 8.86. The molecular weight excluding hydrogens is 385 g/mol. The monoisotopic (exact) mass is 399 g/mol. The van der Waals surface area contributed by atoms with Crippen LogP contribution in [0.3, 0.4) is 0 Å². The predicted octanol–water partition coefficient (Wildman–Crippen LogP) is 4.57. The van der Waals surface area contributed by atoms with Crippen molar-refractivity contribution >= 4 is 49.2 Å². The number of piperidine rings is 1. The van der Waals surface area contributed by atoms with Gasteiger partial charge in [-0.05, 0) is 37.8 Å². The third-order valence-corrected chi connectivity index (χ3v) is 6.95. The summed E-state index contributed by atoms with van der Waals surface area (Å²) in [6, 6.07) is 3.07. The van der Waals surface area contributed by atoms with Crippen LogP contribution in [0.25, 0.3) is 0 Å². The molecule has 2 unspecified atom stereocenters. The van der Waals surface area contributed by atoms with E-state index < -0.39 is 10.0 Å². The zero-order valence-electron chi connectivity index (χ0n) is 11.2. The maximum absolute atomic E-state index is 12.8. The molecule has 0 saturated carbocycles. The molecule has 1 heterocycles. The standard InChI is InChI=1S/C13H16BrCl2NO2S/c1-8-3-4-9(2)17(7-8)20(18,19)13-11(15)5-10(14)6-12(13)16/h5-6,8-9H,3-4,7H2,1-2H3. The Labute approximate surface area is 138 Å². The molecule has 1 saturated heterocycles. The molecule has 0 aliphatic carbocycles. The molecule has 0 bridgehead atoms. The van der Waals surface area contributed by atoms with Crippen molar-refractivity contribution in [2.24, 2.45) is 5.92 Å². The summed E-state index contributed by atoms with van der Waals surface area (Å²) >= 11 is 15.5. The number of rotatable bonds is 2. The minimum atomic E-state index is -3.67. The molecule has 0 amide bonds. The highest BCUT2D eigenvalue weighted by atomic mass is 79.9. The summed E-state index contributed by atoms with van der Waals surface area (Å²) in [6.07, 6.45) is 1.89. The molecular formula is C13H16BrCl2NO2S. The molecule has 1 aliphatic heterocycles. The molecule has 0 spiro atoms. The van der Waals surface area contributed by atoms with E-state index in [4.69, 9.17) is 23.2 Å². The molecule has 3 nitrogen and oxygen atoms in total. The lowest BCUT2D eigenvalue weighted by atomic mass is 9.97. The van der Waals surface area contributed by atoms with Gasteiger partial charge in [0.1, 0.15) is 4.90 Å². The number of nitrogens with zero attached hydrogens (tertiary/aromatic N) is 1. The molecule has 1 aliphatic rings. The fraction of sp³-hybridized carbons (Fsp3) is 0.538. The molecule has 1 aromatic rings. The predicted molar refractivity (Wildman–Crippen MR) is 85.9 cm³/mol. The summed E-state index contributed by atoms with van der Waals surface area (Å²) in [6.45, 7) is 4.48. The van der Waals surface area contributed by atoms with Gasteiger partial charge in [0.2, 0.25) is 10.0 Å². The quantitative estimate of drug-likeness (QED) is 0.729. The van der Waals surface area contributed by atoms with Crippen molar-refractivity contribution < 1.29 is 8.42 Å². The van der Waals surface area contributed by atoms with Crippen LogP contribution in [0.2, 0.25) is 10.0 Å². The molecule has 112 valence electrons. The summed E-state index contributed by atoms with van der Waals surface area (Å²) in [4.78, 5) is 0.00461. The normalized spacial score (nSPS) is 24.9. The van der Waals surface area contributed by atoms with Crippen LogP contribution in [-0.2, 0) is 10.0 Å². The number of sulfonamides is 1. The van der Waals surface area contributed by atoms with Gasteiger partial charge in [-0.3, -0.25) is 0 Å². The van der Waals surface area contributed by atoms with Crippen LogP contribution >= 0.6 is 39.1 Å². The summed E-state index contributed by atoms with van der Waals surface area (Å²) < 4.78 is 27.9. The zero-order valence-corrected chi connectivity index (χ0v) is 15.2. The third kappa shape index (κ3) is 3.17. The summed E-state index contributed by atoms with van der Waals surface area (Å²) in [7, 11) is -3.67. The van der Waals surface area contributed by atoms with Crippen LogP contribution in [-0.4, -0.2) is 25.3 Å². The van der Waals surface area contributed by atoms with Gasteiger partial charge in [0.05, 0.1) is 10.0 Å². The molecule has 0 N–H and O–H groups in total. The average Bonchev–Trinajstić information content (AvgIpc) is 2.30. The van der Waals surface area contributed by atoms with Gasteiger partial charge in [-0.25, -0.2) is 8.42 Å². The molecule has 2 atom stereocenters. The lowest BCUT2D eigenvalue weighted by Gasteiger charge is -2.36. The molecule has 2 rings (SSSR count). The van der Waals surface area contributed by atoms with Gasteiger partial charge < -0.3 is 0 Å². The van der Waals surface area contributed by atoms with Gasteiger partial charge in [-0.15, -0.1) is 0 Å². The summed E-state index contributed by atoms with van der Waals surface area (Å²) in [5.74, 6) is 0.342. The Kier molecular flexibility index (Phi) is 5.07. The lowest BCUT2D eigenvalue weighted by molar-refractivity contribution is 0.218. The largest absolute Gasteiger partial charge is 0.246 e. The zero-order chi connectivity index (χ0) is 15.1. The molecule has 0 radical (unpaired) electrons. The number of benzene rings is 1. The smallest absolute Gasteiger partial charge is 0.207 e. The maximum atomic E-state index is 12.8. The number of hydrogen-bond donors (Lipinski definition) is 0. The lowest BCUT2D eigenvalue weighted by Crippen LogP contribution is -2.44. The first-order chi connectivity index (χ1) is 9.23. The van der Waals surface area contributed by atoms with Crippen molar-refractivity contribution in [2.75, 3.05) is 6.54 Å². The molecule has 7 heteroatoms. The Balaban J connectivity index is 2.50. The number of hydrogen-bond acceptors (Lipinski definition) is 2. The second-order valence-electron chi connectivity index (χ2n) is 5.30. The minimum Gasteiger partial charge on any atom is -0.207 e. The van der Waals surface area contributed by atoms with Crippen molar-refractivity contribution in [3.05, 3.63) is 26.7 Å². The topological polar surface area (TPSA) is 37.4 Å². The first kappa shape index (κ1) is 16.6. The van der Waals surface area contributed by atoms with Gasteiger partial charge in [-0.1, -0.05) is 46.1 Å². The first-order valence-corrected chi connectivity index (χ1v) is 9.38. The summed E-state index contributed by atoms with van der Waals surface area (Å²) in [5.41, 5.74) is 0. The van der Waals surface area contributed by atoms with Crippen LogP contribution in [0.4, 0.5) is 0 Å². The van der Waals surface area contributed by atoms with Crippen LogP contribution < -0.4 is 0 Å². The van der Waals surface area contributed by atoms with E-state index in [9.17, 15) is 8.42 Å². The highest BCUT2D eigenvalue weighted by Crippen LogP contribution is 2.37. The summed E-state index contributed by atoms with van der Waals surface area (Å²) in [5, 5.41) is 0.296. The second kappa shape index (κ2) is 6.13. The van der Waals surface area contributed by atoms with Crippen LogP contribution in [0.15, 0.2) is 21.5 Å². The molecule has 1 aromatic carbocycles. The Morgan fingerprint density at radius 1 is 1.20 bits per heavy atom. The fourth-order valence-corrected chi connectivity index (χ4v) is 6.14. The third-order valence-electron chi connectivity index (χ3n) is 3.59. The van der Waals surface area contributed by atoms with Crippen molar-refractivity contribution in [2.45, 2.75) is 37.6 Å². The fourth-order valence-electron chi connectivity index (χ4n) is 2.48. The van der Waals surface area contributed by atoms with Crippen molar-refractivity contribution in [3.8, 4) is 0 Å². The molecule has 1 fully saturated rings. The Hall–Kier alpha value is 0.190. The van der Waals surface area contributed by atoms with E-state index in [1.807, 2.05) is 6.92 Å². The van der Waals surface area contributed by atoms with E-state index in [-0.39, 0.29) is 21.0 Å². The Bertz CT molecular complexity index is 598. The van der Waals surface area contributed by atoms with Crippen molar-refractivity contribution in [3.63, 3.8) is 0 Å². The highest BCUT2D eigenvalue weighted by Gasteiger charge is 2.36. The van der Waals surface area contributed by atoms with E-state index in [0.29, 0.717) is 16.9 Å². The van der Waals surface area contributed by atoms with Crippen LogP contribution in [0.1, 0.15) is 26.7 Å². The van der Waals surface area contributed by atoms with Gasteiger partial charge in [0.15, 0.2) is 0 Å². The van der Waals surface area contributed by atoms with Crippen molar-refractivity contribution in [1.82, 2.24) is 4.31 Å². The molecule has 20 heavy (non-hydrogen) atoms. The first-order valence-electron chi connectivity index (χ1n) is 6.40. The van der Waals surface area contributed by atoms with Crippen LogP contribution in [0.5, 0.6) is 0 Å². The minimum absolute atomic E-state index is 0.00461. The highest BCUT2D eigenvalue weighted by molar-refractivity contribution is 9.10. The van der Waals surface area contributed by atoms with E-state index >= 15 is 0 Å². The Morgan fingerprint density at radius 2 is 1.75 bits per heavy atom. The number of halogens is 3. The van der Waals surface area contributed by atoms with Gasteiger partial charge in [0, 0.05) is 17.1 Å². The SMILES string of the molecule is CC1CCC(C)N(S(=O)(=O)c2c(Cl)cc(Br)cc2Cl)C1. The average molecular weight is 401 g/mol. The van der Waals surface area contributed by atoms with Crippen LogP contribution in [0, 0.1) is 5.92 Å². The van der Waals surface area contributed by atoms with Gasteiger partial charge in [-0.2, -0.15) is 4.31 Å².